The van der Waals surface area contributed by atoms with Crippen LogP contribution in [0.2, 0.25) is 0 Å². The van der Waals surface area contributed by atoms with Gasteiger partial charge in [-0.3, -0.25) is 0 Å². The van der Waals surface area contributed by atoms with Crippen LogP contribution in [0.4, 0.5) is 5.69 Å². The second-order valence-electron chi connectivity index (χ2n) is 6.09. The fraction of sp³-hybridized carbons (Fsp3) is 0.500. The summed E-state index contributed by atoms with van der Waals surface area (Å²) in [6, 6.07) is 8.94. The summed E-state index contributed by atoms with van der Waals surface area (Å²) in [5, 5.41) is 3.27. The van der Waals surface area contributed by atoms with Crippen molar-refractivity contribution in [2.75, 3.05) is 25.0 Å². The number of benzene rings is 1. The maximum atomic E-state index is 3.27. The van der Waals surface area contributed by atoms with E-state index in [-0.39, 0.29) is 0 Å². The van der Waals surface area contributed by atoms with E-state index in [4.69, 9.17) is 0 Å². The molecule has 0 unspecified atom stereocenters. The molecule has 0 bridgehead atoms. The van der Waals surface area contributed by atoms with Crippen molar-refractivity contribution in [3.8, 4) is 0 Å². The molecule has 0 aliphatic carbocycles. The predicted octanol–water partition coefficient (Wildman–Crippen LogP) is 4.68. The molecule has 0 saturated heterocycles. The molecule has 22 heavy (non-hydrogen) atoms. The Balaban J connectivity index is 2.37. The molecule has 0 saturated carbocycles. The van der Waals surface area contributed by atoms with Crippen LogP contribution in [0.1, 0.15) is 45.1 Å². The van der Waals surface area contributed by atoms with Gasteiger partial charge < -0.3 is 10.2 Å². The first-order valence-corrected chi connectivity index (χ1v) is 8.57. The summed E-state index contributed by atoms with van der Waals surface area (Å²) in [5.41, 5.74) is 5.97. The number of anilines is 1. The number of rotatable bonds is 6. The van der Waals surface area contributed by atoms with Crippen LogP contribution in [0.25, 0.3) is 0 Å². The fourth-order valence-electron chi connectivity index (χ4n) is 3.23. The maximum absolute atomic E-state index is 3.27. The van der Waals surface area contributed by atoms with Crippen molar-refractivity contribution in [1.82, 2.24) is 5.32 Å². The normalized spacial score (nSPS) is 19.1. The Morgan fingerprint density at radius 1 is 1.23 bits per heavy atom. The first-order chi connectivity index (χ1) is 10.8. The van der Waals surface area contributed by atoms with E-state index in [2.05, 4.69) is 60.5 Å². The van der Waals surface area contributed by atoms with Gasteiger partial charge in [-0.15, -0.1) is 0 Å². The van der Waals surface area contributed by atoms with Gasteiger partial charge in [0.15, 0.2) is 0 Å². The molecular formula is C20H30N2. The quantitative estimate of drug-likeness (QED) is 0.606. The summed E-state index contributed by atoms with van der Waals surface area (Å²) in [6.45, 7) is 6.58. The van der Waals surface area contributed by atoms with Crippen molar-refractivity contribution in [2.45, 2.75) is 46.0 Å². The lowest BCUT2D eigenvalue weighted by atomic mass is 9.96. The maximum Gasteiger partial charge on any atom is 0.0440 e. The highest BCUT2D eigenvalue weighted by Gasteiger charge is 2.18. The number of hydrogen-bond acceptors (Lipinski definition) is 2. The molecule has 0 amide bonds. The van der Waals surface area contributed by atoms with Gasteiger partial charge in [-0.1, -0.05) is 35.9 Å². The highest BCUT2D eigenvalue weighted by atomic mass is 15.1. The monoisotopic (exact) mass is 298 g/mol. The molecule has 1 aliphatic heterocycles. The lowest BCUT2D eigenvalue weighted by Crippen LogP contribution is -2.28. The third-order valence-electron chi connectivity index (χ3n) is 4.45. The van der Waals surface area contributed by atoms with Crippen LogP contribution in [0.15, 0.2) is 47.7 Å². The van der Waals surface area contributed by atoms with E-state index in [0.29, 0.717) is 0 Å². The van der Waals surface area contributed by atoms with E-state index in [1.54, 1.807) is 5.57 Å². The zero-order valence-electron chi connectivity index (χ0n) is 14.4. The van der Waals surface area contributed by atoms with Crippen LogP contribution >= 0.6 is 0 Å². The molecule has 0 fully saturated rings. The number of nitrogens with zero attached hydrogens (tertiary/aromatic N) is 1. The van der Waals surface area contributed by atoms with Gasteiger partial charge in [0.05, 0.1) is 0 Å². The van der Waals surface area contributed by atoms with E-state index in [1.807, 2.05) is 7.05 Å². The van der Waals surface area contributed by atoms with Crippen LogP contribution in [0.5, 0.6) is 0 Å². The number of aryl methyl sites for hydroxylation is 1. The zero-order valence-corrected chi connectivity index (χ0v) is 14.4. The number of fused-ring (bicyclic) bond motifs is 1. The molecular weight excluding hydrogens is 268 g/mol. The minimum Gasteiger partial charge on any atom is -0.345 e. The van der Waals surface area contributed by atoms with Crippen molar-refractivity contribution in [2.24, 2.45) is 0 Å². The predicted molar refractivity (Wildman–Crippen MR) is 97.4 cm³/mol. The summed E-state index contributed by atoms with van der Waals surface area (Å²) in [6.07, 6.45) is 10.3. The van der Waals surface area contributed by atoms with Gasteiger partial charge in [0, 0.05) is 24.4 Å². The number of para-hydroxylation sites is 1. The Morgan fingerprint density at radius 2 is 2.05 bits per heavy atom. The van der Waals surface area contributed by atoms with E-state index in [1.165, 1.54) is 36.2 Å². The first-order valence-electron chi connectivity index (χ1n) is 8.57. The summed E-state index contributed by atoms with van der Waals surface area (Å²) < 4.78 is 0. The molecule has 0 aromatic heterocycles. The molecule has 2 rings (SSSR count). The second-order valence-corrected chi connectivity index (χ2v) is 6.09. The Labute approximate surface area is 135 Å². The third-order valence-corrected chi connectivity index (χ3v) is 4.45. The van der Waals surface area contributed by atoms with Crippen LogP contribution in [-0.4, -0.2) is 20.1 Å². The largest absolute Gasteiger partial charge is 0.345 e. The van der Waals surface area contributed by atoms with Gasteiger partial charge in [-0.05, 0) is 64.8 Å². The molecule has 1 aliphatic rings. The van der Waals surface area contributed by atoms with E-state index in [0.717, 1.165) is 25.9 Å². The number of nitrogens with one attached hydrogen (secondary N) is 1. The minimum absolute atomic E-state index is 1.04. The lowest BCUT2D eigenvalue weighted by Gasteiger charge is -2.33. The second kappa shape index (κ2) is 8.79. The number of hydrogen-bond donors (Lipinski definition) is 1. The van der Waals surface area contributed by atoms with Gasteiger partial charge in [0.25, 0.3) is 0 Å². The summed E-state index contributed by atoms with van der Waals surface area (Å²) in [4.78, 5) is 2.57. The summed E-state index contributed by atoms with van der Waals surface area (Å²) in [5.74, 6) is 0. The molecule has 0 radical (unpaired) electrons. The van der Waals surface area contributed by atoms with Crippen LogP contribution < -0.4 is 10.2 Å². The van der Waals surface area contributed by atoms with Crippen molar-refractivity contribution in [3.05, 3.63) is 53.3 Å². The average Bonchev–Trinajstić information content (AvgIpc) is 2.53. The summed E-state index contributed by atoms with van der Waals surface area (Å²) >= 11 is 0. The van der Waals surface area contributed by atoms with Gasteiger partial charge in [-0.25, -0.2) is 0 Å². The molecule has 1 aromatic carbocycles. The Kier molecular flexibility index (Phi) is 6.73. The highest BCUT2D eigenvalue weighted by Crippen LogP contribution is 2.32. The molecule has 1 N–H and O–H groups in total. The van der Waals surface area contributed by atoms with Gasteiger partial charge in [0.2, 0.25) is 0 Å². The first kappa shape index (κ1) is 16.8. The standard InChI is InChI=1S/C20H30N2/c1-4-5-13-19-17(2)10-8-12-18-11-6-7-14-20(18)22(19)16-9-15-21-3/h4-7,11,14,21H,8-10,12-13,15-16H2,1-3H3/b5-4-,19-17-. The highest BCUT2D eigenvalue weighted by molar-refractivity contribution is 5.59. The fourth-order valence-corrected chi connectivity index (χ4v) is 3.23. The Hall–Kier alpha value is -1.54. The number of allylic oxidation sites excluding steroid dienone is 3. The molecule has 0 spiro atoms. The molecule has 0 atom stereocenters. The Morgan fingerprint density at radius 3 is 2.82 bits per heavy atom. The van der Waals surface area contributed by atoms with Gasteiger partial charge in [0.1, 0.15) is 0 Å². The van der Waals surface area contributed by atoms with Crippen LogP contribution in [0, 0.1) is 0 Å². The molecule has 120 valence electrons. The molecule has 1 heterocycles. The smallest absolute Gasteiger partial charge is 0.0440 e. The Bertz CT molecular complexity index is 528. The topological polar surface area (TPSA) is 15.3 Å². The van der Waals surface area contributed by atoms with Crippen molar-refractivity contribution in [1.29, 1.82) is 0 Å². The summed E-state index contributed by atoms with van der Waals surface area (Å²) in [7, 11) is 2.03. The SMILES string of the molecule is C/C=C\C/C1=C(\C)CCCc2ccccc2N1CCCNC. The molecule has 1 aromatic rings. The van der Waals surface area contributed by atoms with E-state index >= 15 is 0 Å². The zero-order chi connectivity index (χ0) is 15.8. The van der Waals surface area contributed by atoms with Crippen molar-refractivity contribution in [3.63, 3.8) is 0 Å². The van der Waals surface area contributed by atoms with Gasteiger partial charge in [-0.2, -0.15) is 0 Å². The van der Waals surface area contributed by atoms with Crippen molar-refractivity contribution >= 4 is 5.69 Å². The van der Waals surface area contributed by atoms with Crippen LogP contribution in [0.3, 0.4) is 0 Å². The van der Waals surface area contributed by atoms with Gasteiger partial charge >= 0.3 is 0 Å². The lowest BCUT2D eigenvalue weighted by molar-refractivity contribution is 0.690. The average molecular weight is 298 g/mol. The molecule has 2 heteroatoms. The third kappa shape index (κ3) is 4.23. The molecule has 2 nitrogen and oxygen atoms in total. The van der Waals surface area contributed by atoms with Crippen LogP contribution in [-0.2, 0) is 6.42 Å². The van der Waals surface area contributed by atoms with E-state index in [9.17, 15) is 0 Å². The minimum atomic E-state index is 1.04. The van der Waals surface area contributed by atoms with Crippen molar-refractivity contribution < 1.29 is 0 Å². The van der Waals surface area contributed by atoms with E-state index < -0.39 is 0 Å².